The van der Waals surface area contributed by atoms with Crippen LogP contribution in [0.15, 0.2) is 0 Å². The van der Waals surface area contributed by atoms with Crippen LogP contribution in [0.25, 0.3) is 0 Å². The van der Waals surface area contributed by atoms with Crippen LogP contribution in [0.3, 0.4) is 0 Å². The van der Waals surface area contributed by atoms with Gasteiger partial charge in [0.25, 0.3) is 0 Å². The zero-order valence-electron chi connectivity index (χ0n) is 5.98. The summed E-state index contributed by atoms with van der Waals surface area (Å²) < 4.78 is 13.1. The summed E-state index contributed by atoms with van der Waals surface area (Å²) in [7, 11) is 0. The molecule has 1 rings (SSSR count). The zero-order valence-corrected chi connectivity index (χ0v) is 9.08. The molecule has 1 aromatic heterocycles. The largest absolute Gasteiger partial charge is 0.224 e. The molecule has 0 aliphatic carbocycles. The Morgan fingerprint density at radius 2 is 2.00 bits per heavy atom. The standard InChI is InChI=1S/C6H4BrCl2FN2/c1-2(7)4-3(10)5(8)12-6(9)11-4/h2H,1H3. The average Bonchev–Trinajstić information content (AvgIpc) is 1.96. The second-order valence-electron chi connectivity index (χ2n) is 2.10. The van der Waals surface area contributed by atoms with Crippen molar-refractivity contribution in [3.63, 3.8) is 0 Å². The Morgan fingerprint density at radius 1 is 1.42 bits per heavy atom. The van der Waals surface area contributed by atoms with Crippen LogP contribution in [-0.2, 0) is 0 Å². The molecule has 0 amide bonds. The summed E-state index contributed by atoms with van der Waals surface area (Å²) in [5.74, 6) is -0.634. The first-order valence-corrected chi connectivity index (χ1v) is 4.72. The third kappa shape index (κ3) is 2.06. The van der Waals surface area contributed by atoms with Gasteiger partial charge in [0.2, 0.25) is 5.28 Å². The van der Waals surface area contributed by atoms with Gasteiger partial charge >= 0.3 is 0 Å². The Bertz CT molecular complexity index is 306. The van der Waals surface area contributed by atoms with Gasteiger partial charge in [-0.3, -0.25) is 0 Å². The van der Waals surface area contributed by atoms with Crippen LogP contribution < -0.4 is 0 Å². The topological polar surface area (TPSA) is 25.8 Å². The van der Waals surface area contributed by atoms with Gasteiger partial charge in [-0.25, -0.2) is 14.4 Å². The molecule has 0 bridgehead atoms. The van der Waals surface area contributed by atoms with E-state index in [1.165, 1.54) is 0 Å². The third-order valence-corrected chi connectivity index (χ3v) is 2.04. The van der Waals surface area contributed by atoms with Gasteiger partial charge in [0, 0.05) is 0 Å². The highest BCUT2D eigenvalue weighted by Crippen LogP contribution is 2.26. The fourth-order valence-electron chi connectivity index (χ4n) is 0.673. The number of alkyl halides is 1. The number of halogens is 4. The monoisotopic (exact) mass is 272 g/mol. The van der Waals surface area contributed by atoms with Crippen molar-refractivity contribution >= 4 is 39.1 Å². The molecule has 0 fully saturated rings. The maximum atomic E-state index is 13.1. The number of nitrogens with zero attached hydrogens (tertiary/aromatic N) is 2. The minimum Gasteiger partial charge on any atom is -0.219 e. The van der Waals surface area contributed by atoms with Crippen molar-refractivity contribution < 1.29 is 4.39 Å². The number of hydrogen-bond donors (Lipinski definition) is 0. The number of aromatic nitrogens is 2. The van der Waals surface area contributed by atoms with Gasteiger partial charge in [-0.2, -0.15) is 0 Å². The van der Waals surface area contributed by atoms with E-state index in [1.807, 2.05) is 0 Å². The van der Waals surface area contributed by atoms with Gasteiger partial charge in [-0.1, -0.05) is 27.5 Å². The van der Waals surface area contributed by atoms with E-state index in [-0.39, 0.29) is 21.0 Å². The van der Waals surface area contributed by atoms with E-state index >= 15 is 0 Å². The van der Waals surface area contributed by atoms with E-state index in [9.17, 15) is 4.39 Å². The molecule has 0 saturated heterocycles. The van der Waals surface area contributed by atoms with Crippen LogP contribution in [0.5, 0.6) is 0 Å². The van der Waals surface area contributed by atoms with E-state index < -0.39 is 5.82 Å². The van der Waals surface area contributed by atoms with Gasteiger partial charge in [-0.15, -0.1) is 0 Å². The van der Waals surface area contributed by atoms with Crippen molar-refractivity contribution in [3.8, 4) is 0 Å². The van der Waals surface area contributed by atoms with E-state index in [2.05, 4.69) is 25.9 Å². The van der Waals surface area contributed by atoms with Crippen LogP contribution in [-0.4, -0.2) is 9.97 Å². The molecule has 1 unspecified atom stereocenters. The van der Waals surface area contributed by atoms with E-state index in [0.29, 0.717) is 0 Å². The van der Waals surface area contributed by atoms with Crippen LogP contribution in [0.2, 0.25) is 10.4 Å². The minimum atomic E-state index is -0.634. The van der Waals surface area contributed by atoms with Crippen LogP contribution in [0.4, 0.5) is 4.39 Å². The van der Waals surface area contributed by atoms with Crippen molar-refractivity contribution in [2.75, 3.05) is 0 Å². The fourth-order valence-corrected chi connectivity index (χ4v) is 1.37. The fraction of sp³-hybridized carbons (Fsp3) is 0.333. The van der Waals surface area contributed by atoms with Crippen LogP contribution in [0, 0.1) is 5.82 Å². The predicted molar refractivity (Wildman–Crippen MR) is 49.4 cm³/mol. The highest BCUT2D eigenvalue weighted by Gasteiger charge is 2.15. The SMILES string of the molecule is CC(Br)c1nc(Cl)nc(Cl)c1F. The Morgan fingerprint density at radius 3 is 2.50 bits per heavy atom. The highest BCUT2D eigenvalue weighted by molar-refractivity contribution is 9.09. The molecule has 0 aliphatic heterocycles. The predicted octanol–water partition coefficient (Wildman–Crippen LogP) is 3.38. The first kappa shape index (κ1) is 10.2. The smallest absolute Gasteiger partial charge is 0.219 e. The normalized spacial score (nSPS) is 13.1. The Balaban J connectivity index is 3.28. The van der Waals surface area contributed by atoms with Gasteiger partial charge < -0.3 is 0 Å². The molecule has 1 heterocycles. The molecular weight excluding hydrogens is 270 g/mol. The quantitative estimate of drug-likeness (QED) is 0.445. The van der Waals surface area contributed by atoms with Gasteiger partial charge in [0.15, 0.2) is 11.0 Å². The summed E-state index contributed by atoms with van der Waals surface area (Å²) in [5, 5.41) is -0.306. The average molecular weight is 274 g/mol. The maximum Gasteiger partial charge on any atom is 0.224 e. The van der Waals surface area contributed by atoms with E-state index in [1.54, 1.807) is 6.92 Å². The second kappa shape index (κ2) is 3.85. The van der Waals surface area contributed by atoms with Crippen molar-refractivity contribution in [2.24, 2.45) is 0 Å². The van der Waals surface area contributed by atoms with Gasteiger partial charge in [0.1, 0.15) is 0 Å². The van der Waals surface area contributed by atoms with Crippen molar-refractivity contribution in [3.05, 3.63) is 21.9 Å². The van der Waals surface area contributed by atoms with Crippen molar-refractivity contribution in [2.45, 2.75) is 11.8 Å². The lowest BCUT2D eigenvalue weighted by Crippen LogP contribution is -1.99. The Labute approximate surface area is 87.2 Å². The molecule has 2 nitrogen and oxygen atoms in total. The van der Waals surface area contributed by atoms with Crippen LogP contribution in [0.1, 0.15) is 17.4 Å². The molecule has 6 heteroatoms. The molecule has 12 heavy (non-hydrogen) atoms. The number of hydrogen-bond acceptors (Lipinski definition) is 2. The molecule has 0 spiro atoms. The summed E-state index contributed by atoms with van der Waals surface area (Å²) in [5.41, 5.74) is 0.167. The lowest BCUT2D eigenvalue weighted by molar-refractivity contribution is 0.593. The van der Waals surface area contributed by atoms with E-state index in [4.69, 9.17) is 23.2 Å². The Kier molecular flexibility index (Phi) is 3.26. The first-order chi connectivity index (χ1) is 5.52. The van der Waals surface area contributed by atoms with Crippen molar-refractivity contribution in [1.82, 2.24) is 9.97 Å². The van der Waals surface area contributed by atoms with Gasteiger partial charge in [0.05, 0.1) is 10.5 Å². The molecule has 1 aromatic rings. The maximum absolute atomic E-state index is 13.1. The molecule has 0 N–H and O–H groups in total. The summed E-state index contributed by atoms with van der Waals surface area (Å²) in [6.07, 6.45) is 0. The molecule has 0 saturated carbocycles. The van der Waals surface area contributed by atoms with E-state index in [0.717, 1.165) is 0 Å². The first-order valence-electron chi connectivity index (χ1n) is 3.05. The molecule has 0 aliphatic rings. The second-order valence-corrected chi connectivity index (χ2v) is 4.17. The minimum absolute atomic E-state index is 0.0531. The number of rotatable bonds is 1. The molecular formula is C6H4BrCl2FN2. The summed E-state index contributed by atoms with van der Waals surface area (Å²) in [6.45, 7) is 1.72. The van der Waals surface area contributed by atoms with Crippen LogP contribution >= 0.6 is 39.1 Å². The van der Waals surface area contributed by atoms with Gasteiger partial charge in [-0.05, 0) is 18.5 Å². The molecule has 0 aromatic carbocycles. The summed E-state index contributed by atoms with van der Waals surface area (Å²) in [4.78, 5) is 6.88. The Hall–Kier alpha value is 0.0700. The summed E-state index contributed by atoms with van der Waals surface area (Å²) >= 11 is 14.1. The lowest BCUT2D eigenvalue weighted by Gasteiger charge is -2.04. The molecule has 1 atom stereocenters. The van der Waals surface area contributed by atoms with Crippen molar-refractivity contribution in [1.29, 1.82) is 0 Å². The summed E-state index contributed by atoms with van der Waals surface area (Å²) in [6, 6.07) is 0. The third-order valence-electron chi connectivity index (χ3n) is 1.19. The zero-order chi connectivity index (χ0) is 9.30. The molecule has 0 radical (unpaired) electrons. The highest BCUT2D eigenvalue weighted by atomic mass is 79.9. The lowest BCUT2D eigenvalue weighted by atomic mass is 10.3. The molecule has 66 valence electrons.